The fraction of sp³-hybridized carbons (Fsp3) is 0.455. The fourth-order valence-electron chi connectivity index (χ4n) is 5.56. The first-order valence-electron chi connectivity index (χ1n) is 12.9. The van der Waals surface area contributed by atoms with Crippen molar-refractivity contribution in [3.8, 4) is 0 Å². The summed E-state index contributed by atoms with van der Waals surface area (Å²) in [6.07, 6.45) is 26.0. The van der Waals surface area contributed by atoms with Gasteiger partial charge in [0.05, 0.1) is 0 Å². The minimum absolute atomic E-state index is 0.231. The lowest BCUT2D eigenvalue weighted by molar-refractivity contribution is 0.387. The van der Waals surface area contributed by atoms with Crippen LogP contribution in [0.5, 0.6) is 0 Å². The molecule has 0 N–H and O–H groups in total. The second-order valence-electron chi connectivity index (χ2n) is 10.6. The van der Waals surface area contributed by atoms with Gasteiger partial charge in [-0.1, -0.05) is 108 Å². The van der Waals surface area contributed by atoms with Crippen molar-refractivity contribution in [1.82, 2.24) is 0 Å². The molecule has 0 radical (unpaired) electrons. The molecule has 1 aromatic carbocycles. The molecule has 2 aliphatic carbocycles. The number of allylic oxidation sites excluding steroid dienone is 11. The molecule has 176 valence electrons. The standard InChI is InChI=1S/C33H44/c1-7-8-11-26(2)12-9-22-32-23-10-13-29(5)24-33(32,25-32)30(6)18-14-27(3)15-19-31-20-16-28(4)17-21-31/h8,10-11,13-14,16-18,20-21,24H,2,7,9,12,15,19,22-23,25H2,1,3-6H3/b11-8-,27-14+,30-18+. The van der Waals surface area contributed by atoms with Crippen LogP contribution >= 0.6 is 0 Å². The largest absolute Gasteiger partial charge is 0.0958 e. The van der Waals surface area contributed by atoms with Crippen molar-refractivity contribution in [3.63, 3.8) is 0 Å². The molecule has 0 bridgehead atoms. The first kappa shape index (κ1) is 25.3. The van der Waals surface area contributed by atoms with Crippen LogP contribution in [0.3, 0.4) is 0 Å². The summed E-state index contributed by atoms with van der Waals surface area (Å²) < 4.78 is 0. The first-order chi connectivity index (χ1) is 15.8. The maximum absolute atomic E-state index is 4.25. The van der Waals surface area contributed by atoms with E-state index in [4.69, 9.17) is 0 Å². The Balaban J connectivity index is 1.67. The van der Waals surface area contributed by atoms with Crippen LogP contribution in [0.15, 0.2) is 95.7 Å². The van der Waals surface area contributed by atoms with E-state index >= 15 is 0 Å². The maximum Gasteiger partial charge on any atom is 0.0162 e. The Morgan fingerprint density at radius 1 is 1.06 bits per heavy atom. The molecule has 0 amide bonds. The second kappa shape index (κ2) is 11.2. The predicted molar refractivity (Wildman–Crippen MR) is 146 cm³/mol. The Kier molecular flexibility index (Phi) is 8.57. The van der Waals surface area contributed by atoms with Gasteiger partial charge in [0.25, 0.3) is 0 Å². The number of hydrogen-bond donors (Lipinski definition) is 0. The van der Waals surface area contributed by atoms with Crippen molar-refractivity contribution >= 4 is 0 Å². The van der Waals surface area contributed by atoms with E-state index < -0.39 is 0 Å². The fourth-order valence-corrected chi connectivity index (χ4v) is 5.56. The van der Waals surface area contributed by atoms with Gasteiger partial charge in [0.1, 0.15) is 0 Å². The summed E-state index contributed by atoms with van der Waals surface area (Å²) in [6, 6.07) is 8.96. The Morgan fingerprint density at radius 3 is 2.55 bits per heavy atom. The van der Waals surface area contributed by atoms with Gasteiger partial charge in [0.15, 0.2) is 0 Å². The average molecular weight is 441 g/mol. The van der Waals surface area contributed by atoms with Crippen LogP contribution in [-0.2, 0) is 6.42 Å². The summed E-state index contributed by atoms with van der Waals surface area (Å²) in [4.78, 5) is 0. The van der Waals surface area contributed by atoms with Crippen molar-refractivity contribution in [2.75, 3.05) is 0 Å². The Bertz CT molecular complexity index is 975. The molecule has 1 fully saturated rings. The minimum atomic E-state index is 0.231. The molecule has 0 aliphatic heterocycles. The van der Waals surface area contributed by atoms with E-state index in [1.54, 1.807) is 0 Å². The highest BCUT2D eigenvalue weighted by atomic mass is 14.7. The normalized spacial score (nSPS) is 25.1. The molecule has 2 unspecified atom stereocenters. The molecule has 0 heteroatoms. The lowest BCUT2D eigenvalue weighted by Crippen LogP contribution is -2.13. The van der Waals surface area contributed by atoms with Crippen molar-refractivity contribution in [3.05, 3.63) is 107 Å². The van der Waals surface area contributed by atoms with Crippen molar-refractivity contribution in [2.45, 2.75) is 86.0 Å². The highest BCUT2D eigenvalue weighted by molar-refractivity contribution is 5.44. The zero-order chi connectivity index (χ0) is 23.9. The Morgan fingerprint density at radius 2 is 1.82 bits per heavy atom. The van der Waals surface area contributed by atoms with Gasteiger partial charge in [0.2, 0.25) is 0 Å². The van der Waals surface area contributed by atoms with Crippen LogP contribution in [0.4, 0.5) is 0 Å². The number of rotatable bonds is 11. The van der Waals surface area contributed by atoms with E-state index in [1.165, 1.54) is 59.1 Å². The molecule has 1 aromatic rings. The van der Waals surface area contributed by atoms with Crippen LogP contribution in [0, 0.1) is 17.8 Å². The van der Waals surface area contributed by atoms with Gasteiger partial charge in [-0.25, -0.2) is 0 Å². The van der Waals surface area contributed by atoms with Crippen LogP contribution in [-0.4, -0.2) is 0 Å². The van der Waals surface area contributed by atoms with Crippen LogP contribution in [0.1, 0.15) is 83.8 Å². The summed E-state index contributed by atoms with van der Waals surface area (Å²) in [7, 11) is 0. The smallest absolute Gasteiger partial charge is 0.0162 e. The van der Waals surface area contributed by atoms with Crippen LogP contribution in [0.2, 0.25) is 0 Å². The van der Waals surface area contributed by atoms with Crippen molar-refractivity contribution in [2.24, 2.45) is 10.8 Å². The summed E-state index contributed by atoms with van der Waals surface area (Å²) in [6.45, 7) is 15.5. The third-order valence-electron chi connectivity index (χ3n) is 7.79. The highest BCUT2D eigenvalue weighted by Crippen LogP contribution is 2.73. The Labute approximate surface area is 203 Å². The predicted octanol–water partition coefficient (Wildman–Crippen LogP) is 9.80. The zero-order valence-corrected chi connectivity index (χ0v) is 21.7. The zero-order valence-electron chi connectivity index (χ0n) is 21.7. The molecule has 3 rings (SSSR count). The number of benzene rings is 1. The lowest BCUT2D eigenvalue weighted by atomic mass is 9.80. The number of aryl methyl sites for hydroxylation is 2. The molecule has 0 saturated heterocycles. The average Bonchev–Trinajstić information content (AvgIpc) is 3.44. The minimum Gasteiger partial charge on any atom is -0.0958 e. The molecule has 1 saturated carbocycles. The molecule has 0 nitrogen and oxygen atoms in total. The molecular weight excluding hydrogens is 396 g/mol. The molecule has 33 heavy (non-hydrogen) atoms. The topological polar surface area (TPSA) is 0 Å². The SMILES string of the molecule is C=C(/C=C\CC)CCCC12CC=CC(C)=CC1(/C(C)=C/C=C(\C)CCc1ccc(C)cc1)C2. The third kappa shape index (κ3) is 6.38. The summed E-state index contributed by atoms with van der Waals surface area (Å²) in [5.74, 6) is 0. The van der Waals surface area contributed by atoms with Gasteiger partial charge >= 0.3 is 0 Å². The van der Waals surface area contributed by atoms with Gasteiger partial charge in [0, 0.05) is 5.41 Å². The van der Waals surface area contributed by atoms with Gasteiger partial charge in [-0.05, 0) is 90.0 Å². The number of fused-ring (bicyclic) bond motifs is 1. The van der Waals surface area contributed by atoms with Crippen molar-refractivity contribution < 1.29 is 0 Å². The maximum atomic E-state index is 4.25. The summed E-state index contributed by atoms with van der Waals surface area (Å²) >= 11 is 0. The molecule has 0 spiro atoms. The molecule has 0 heterocycles. The van der Waals surface area contributed by atoms with Gasteiger partial charge in [-0.2, -0.15) is 0 Å². The van der Waals surface area contributed by atoms with E-state index in [2.05, 4.69) is 108 Å². The molecular formula is C33H44. The van der Waals surface area contributed by atoms with Gasteiger partial charge in [-0.15, -0.1) is 0 Å². The van der Waals surface area contributed by atoms with Gasteiger partial charge < -0.3 is 0 Å². The van der Waals surface area contributed by atoms with Gasteiger partial charge in [-0.3, -0.25) is 0 Å². The van der Waals surface area contributed by atoms with E-state index in [1.807, 2.05) is 0 Å². The van der Waals surface area contributed by atoms with E-state index in [9.17, 15) is 0 Å². The monoisotopic (exact) mass is 440 g/mol. The first-order valence-corrected chi connectivity index (χ1v) is 12.9. The second-order valence-corrected chi connectivity index (χ2v) is 10.6. The third-order valence-corrected chi connectivity index (χ3v) is 7.79. The van der Waals surface area contributed by atoms with Crippen molar-refractivity contribution in [1.29, 1.82) is 0 Å². The molecule has 0 aromatic heterocycles. The van der Waals surface area contributed by atoms with Crippen LogP contribution < -0.4 is 0 Å². The van der Waals surface area contributed by atoms with E-state index in [-0.39, 0.29) is 5.41 Å². The van der Waals surface area contributed by atoms with E-state index in [0.717, 1.165) is 25.7 Å². The molecule has 2 atom stereocenters. The summed E-state index contributed by atoms with van der Waals surface area (Å²) in [5, 5.41) is 0. The number of hydrogen-bond acceptors (Lipinski definition) is 0. The quantitative estimate of drug-likeness (QED) is 0.300. The highest BCUT2D eigenvalue weighted by Gasteiger charge is 2.65. The Hall–Kier alpha value is -2.34. The summed E-state index contributed by atoms with van der Waals surface area (Å²) in [5.41, 5.74) is 9.06. The molecule has 2 aliphatic rings. The lowest BCUT2D eigenvalue weighted by Gasteiger charge is -2.23. The van der Waals surface area contributed by atoms with Crippen LogP contribution in [0.25, 0.3) is 0 Å². The van der Waals surface area contributed by atoms with E-state index in [0.29, 0.717) is 5.41 Å².